The number of carbonyl (C=O) groups excluding carboxylic acids is 2. The van der Waals surface area contributed by atoms with Gasteiger partial charge in [0.05, 0.1) is 12.5 Å². The standard InChI is InChI=1S/C20H20FNO3/c21-16-10-8-14(9-11-16)12-20(24)25-13-19(23)22-18-7-3-5-15-4-1-2-6-17(15)18/h1-2,4,6,8-11,18H,3,5,7,12-13H2,(H,22,23). The first kappa shape index (κ1) is 17.1. The van der Waals surface area contributed by atoms with Gasteiger partial charge in [-0.1, -0.05) is 36.4 Å². The van der Waals surface area contributed by atoms with E-state index in [2.05, 4.69) is 11.4 Å². The van der Waals surface area contributed by atoms with Crippen molar-refractivity contribution < 1.29 is 18.7 Å². The first-order valence-electron chi connectivity index (χ1n) is 8.39. The number of ether oxygens (including phenoxy) is 1. The zero-order valence-electron chi connectivity index (χ0n) is 13.8. The highest BCUT2D eigenvalue weighted by molar-refractivity contribution is 5.81. The normalized spacial score (nSPS) is 16.0. The third-order valence-corrected chi connectivity index (χ3v) is 4.33. The van der Waals surface area contributed by atoms with Crippen LogP contribution >= 0.6 is 0 Å². The molecule has 0 aliphatic heterocycles. The summed E-state index contributed by atoms with van der Waals surface area (Å²) in [6.07, 6.45) is 2.94. The fraction of sp³-hybridized carbons (Fsp3) is 0.300. The Bertz CT molecular complexity index is 758. The molecule has 2 aromatic carbocycles. The Balaban J connectivity index is 1.48. The Labute approximate surface area is 146 Å². The van der Waals surface area contributed by atoms with Crippen LogP contribution in [0.5, 0.6) is 0 Å². The number of benzene rings is 2. The number of hydrogen-bond donors (Lipinski definition) is 1. The van der Waals surface area contributed by atoms with E-state index in [1.807, 2.05) is 18.2 Å². The van der Waals surface area contributed by atoms with Crippen LogP contribution in [0.1, 0.15) is 35.6 Å². The quantitative estimate of drug-likeness (QED) is 0.850. The minimum absolute atomic E-state index is 0.0137. The highest BCUT2D eigenvalue weighted by atomic mass is 19.1. The van der Waals surface area contributed by atoms with Crippen molar-refractivity contribution in [2.24, 2.45) is 0 Å². The Kier molecular flexibility index (Phi) is 5.43. The predicted octanol–water partition coefficient (Wildman–Crippen LogP) is 3.11. The summed E-state index contributed by atoms with van der Waals surface area (Å²) >= 11 is 0. The average molecular weight is 341 g/mol. The van der Waals surface area contributed by atoms with Crippen molar-refractivity contribution in [3.8, 4) is 0 Å². The molecule has 1 atom stereocenters. The summed E-state index contributed by atoms with van der Waals surface area (Å²) in [6, 6.07) is 13.7. The number of carbonyl (C=O) groups is 2. The third kappa shape index (κ3) is 4.66. The Hall–Kier alpha value is -2.69. The zero-order chi connectivity index (χ0) is 17.6. The number of amides is 1. The molecule has 3 rings (SSSR count). The maximum Gasteiger partial charge on any atom is 0.310 e. The van der Waals surface area contributed by atoms with Gasteiger partial charge in [0.1, 0.15) is 5.82 Å². The van der Waals surface area contributed by atoms with E-state index >= 15 is 0 Å². The van der Waals surface area contributed by atoms with Crippen LogP contribution in [0, 0.1) is 5.82 Å². The van der Waals surface area contributed by atoms with Crippen molar-refractivity contribution >= 4 is 11.9 Å². The molecular weight excluding hydrogens is 321 g/mol. The number of halogens is 1. The number of aryl methyl sites for hydroxylation is 1. The van der Waals surface area contributed by atoms with Crippen molar-refractivity contribution in [2.45, 2.75) is 31.7 Å². The molecule has 0 radical (unpaired) electrons. The molecule has 5 heteroatoms. The van der Waals surface area contributed by atoms with E-state index in [1.54, 1.807) is 0 Å². The van der Waals surface area contributed by atoms with Gasteiger partial charge < -0.3 is 10.1 Å². The summed E-state index contributed by atoms with van der Waals surface area (Å²) in [5.41, 5.74) is 3.04. The molecule has 1 amide bonds. The molecule has 130 valence electrons. The lowest BCUT2D eigenvalue weighted by Gasteiger charge is -2.26. The first-order valence-corrected chi connectivity index (χ1v) is 8.39. The second-order valence-corrected chi connectivity index (χ2v) is 6.18. The molecule has 1 aliphatic rings. The van der Waals surface area contributed by atoms with Crippen LogP contribution < -0.4 is 5.32 Å². The molecule has 0 spiro atoms. The number of nitrogens with one attached hydrogen (secondary N) is 1. The minimum Gasteiger partial charge on any atom is -0.455 e. The lowest BCUT2D eigenvalue weighted by molar-refractivity contribution is -0.148. The third-order valence-electron chi connectivity index (χ3n) is 4.33. The number of hydrogen-bond acceptors (Lipinski definition) is 3. The van der Waals surface area contributed by atoms with Crippen molar-refractivity contribution in [3.05, 3.63) is 71.0 Å². The van der Waals surface area contributed by atoms with Gasteiger partial charge in [-0.05, 0) is 48.1 Å². The average Bonchev–Trinajstić information content (AvgIpc) is 2.62. The van der Waals surface area contributed by atoms with Gasteiger partial charge in [-0.3, -0.25) is 9.59 Å². The first-order chi connectivity index (χ1) is 12.1. The summed E-state index contributed by atoms with van der Waals surface area (Å²) in [6.45, 7) is -0.307. The van der Waals surface area contributed by atoms with E-state index < -0.39 is 5.97 Å². The molecule has 0 heterocycles. The zero-order valence-corrected chi connectivity index (χ0v) is 13.8. The molecule has 0 saturated carbocycles. The fourth-order valence-corrected chi connectivity index (χ4v) is 3.11. The lowest BCUT2D eigenvalue weighted by atomic mass is 9.88. The smallest absolute Gasteiger partial charge is 0.310 e. The van der Waals surface area contributed by atoms with Gasteiger partial charge in [0.15, 0.2) is 6.61 Å². The second-order valence-electron chi connectivity index (χ2n) is 6.18. The maximum absolute atomic E-state index is 12.8. The van der Waals surface area contributed by atoms with E-state index in [1.165, 1.54) is 29.8 Å². The maximum atomic E-state index is 12.8. The van der Waals surface area contributed by atoms with Gasteiger partial charge in [0.2, 0.25) is 0 Å². The molecule has 2 aromatic rings. The summed E-state index contributed by atoms with van der Waals surface area (Å²) in [7, 11) is 0. The van der Waals surface area contributed by atoms with Crippen molar-refractivity contribution in [1.29, 1.82) is 0 Å². The summed E-state index contributed by atoms with van der Waals surface area (Å²) in [4.78, 5) is 23.9. The highest BCUT2D eigenvalue weighted by Gasteiger charge is 2.21. The van der Waals surface area contributed by atoms with Gasteiger partial charge in [-0.25, -0.2) is 4.39 Å². The minimum atomic E-state index is -0.509. The van der Waals surface area contributed by atoms with E-state index in [4.69, 9.17) is 4.74 Å². The van der Waals surface area contributed by atoms with E-state index in [0.717, 1.165) is 24.8 Å². The Morgan fingerprint density at radius 3 is 2.68 bits per heavy atom. The highest BCUT2D eigenvalue weighted by Crippen LogP contribution is 2.29. The largest absolute Gasteiger partial charge is 0.455 e. The van der Waals surface area contributed by atoms with Gasteiger partial charge in [0.25, 0.3) is 5.91 Å². The second kappa shape index (κ2) is 7.92. The Morgan fingerprint density at radius 2 is 1.88 bits per heavy atom. The molecule has 25 heavy (non-hydrogen) atoms. The van der Waals surface area contributed by atoms with Crippen LogP contribution in [0.15, 0.2) is 48.5 Å². The SMILES string of the molecule is O=C(COC(=O)Cc1ccc(F)cc1)NC1CCCc2ccccc21. The van der Waals surface area contributed by atoms with Crippen LogP contribution in [0.4, 0.5) is 4.39 Å². The molecule has 0 bridgehead atoms. The van der Waals surface area contributed by atoms with E-state index in [-0.39, 0.29) is 30.8 Å². The number of esters is 1. The van der Waals surface area contributed by atoms with Gasteiger partial charge in [-0.15, -0.1) is 0 Å². The number of fused-ring (bicyclic) bond motifs is 1. The molecule has 1 N–H and O–H groups in total. The molecule has 1 unspecified atom stereocenters. The predicted molar refractivity (Wildman–Crippen MR) is 91.3 cm³/mol. The number of rotatable bonds is 5. The fourth-order valence-electron chi connectivity index (χ4n) is 3.11. The van der Waals surface area contributed by atoms with Gasteiger partial charge in [0, 0.05) is 0 Å². The molecule has 1 aliphatic carbocycles. The van der Waals surface area contributed by atoms with Crippen molar-refractivity contribution in [2.75, 3.05) is 6.61 Å². The van der Waals surface area contributed by atoms with Gasteiger partial charge >= 0.3 is 5.97 Å². The molecular formula is C20H20FNO3. The topological polar surface area (TPSA) is 55.4 Å². The van der Waals surface area contributed by atoms with Crippen LogP contribution in [0.3, 0.4) is 0 Å². The monoisotopic (exact) mass is 341 g/mol. The molecule has 0 fully saturated rings. The van der Waals surface area contributed by atoms with Gasteiger partial charge in [-0.2, -0.15) is 0 Å². The Morgan fingerprint density at radius 1 is 1.12 bits per heavy atom. The van der Waals surface area contributed by atoms with Crippen LogP contribution in [0.25, 0.3) is 0 Å². The summed E-state index contributed by atoms with van der Waals surface area (Å²) in [5.74, 6) is -1.18. The van der Waals surface area contributed by atoms with Crippen molar-refractivity contribution in [3.63, 3.8) is 0 Å². The van der Waals surface area contributed by atoms with Crippen LogP contribution in [-0.2, 0) is 27.2 Å². The van der Waals surface area contributed by atoms with Crippen LogP contribution in [-0.4, -0.2) is 18.5 Å². The van der Waals surface area contributed by atoms with E-state index in [0.29, 0.717) is 5.56 Å². The van der Waals surface area contributed by atoms with Crippen molar-refractivity contribution in [1.82, 2.24) is 5.32 Å². The molecule has 0 aromatic heterocycles. The van der Waals surface area contributed by atoms with Crippen LogP contribution in [0.2, 0.25) is 0 Å². The molecule has 4 nitrogen and oxygen atoms in total. The summed E-state index contributed by atoms with van der Waals surface area (Å²) in [5, 5.41) is 2.94. The summed E-state index contributed by atoms with van der Waals surface area (Å²) < 4.78 is 17.9. The lowest BCUT2D eigenvalue weighted by Crippen LogP contribution is -2.34. The molecule has 0 saturated heterocycles. The van der Waals surface area contributed by atoms with E-state index in [9.17, 15) is 14.0 Å².